The van der Waals surface area contributed by atoms with Gasteiger partial charge in [0.1, 0.15) is 5.60 Å². The molecule has 0 aliphatic rings. The van der Waals surface area contributed by atoms with Gasteiger partial charge >= 0.3 is 6.09 Å². The van der Waals surface area contributed by atoms with Crippen LogP contribution in [0.4, 0.5) is 4.79 Å². The maximum Gasteiger partial charge on any atom is 0.419 e. The number of ether oxygens (including phenoxy) is 1. The van der Waals surface area contributed by atoms with Crippen LogP contribution in [0, 0.1) is 0 Å². The van der Waals surface area contributed by atoms with Crippen molar-refractivity contribution in [1.82, 2.24) is 9.55 Å². The van der Waals surface area contributed by atoms with Gasteiger partial charge in [0, 0.05) is 17.8 Å². The van der Waals surface area contributed by atoms with E-state index in [2.05, 4.69) is 4.98 Å². The van der Waals surface area contributed by atoms with Gasteiger partial charge in [-0.25, -0.2) is 9.36 Å². The summed E-state index contributed by atoms with van der Waals surface area (Å²) in [6, 6.07) is 7.03. The first-order valence-corrected chi connectivity index (χ1v) is 6.72. The molecular weight excluding hydrogens is 268 g/mol. The molecule has 0 atom stereocenters. The van der Waals surface area contributed by atoms with Gasteiger partial charge in [0.25, 0.3) is 0 Å². The Morgan fingerprint density at radius 2 is 1.81 bits per heavy atom. The average Bonchev–Trinajstić information content (AvgIpc) is 2.86. The quantitative estimate of drug-likeness (QED) is 0.689. The molecule has 0 aliphatic carbocycles. The standard InChI is InChI=1S/C16H16N2O3/c1-16(2,3)21-15(20)18-12-7-5-4-6-10(12)14(19)11-8-17-9-13(11)18/h4-9,17H,1-3H3. The van der Waals surface area contributed by atoms with E-state index >= 15 is 0 Å². The average molecular weight is 284 g/mol. The van der Waals surface area contributed by atoms with Gasteiger partial charge in [0.2, 0.25) is 0 Å². The lowest BCUT2D eigenvalue weighted by Crippen LogP contribution is -2.28. The smallest absolute Gasteiger partial charge is 0.419 e. The van der Waals surface area contributed by atoms with Gasteiger partial charge in [-0.2, -0.15) is 0 Å². The van der Waals surface area contributed by atoms with Gasteiger partial charge in [-0.3, -0.25) is 4.79 Å². The van der Waals surface area contributed by atoms with E-state index in [1.807, 2.05) is 20.8 Å². The third-order valence-corrected chi connectivity index (χ3v) is 3.17. The SMILES string of the molecule is CC(C)(C)OC(=O)n1c2ccccc2c(=O)c2c[nH]cc21. The van der Waals surface area contributed by atoms with Crippen LogP contribution >= 0.6 is 0 Å². The maximum atomic E-state index is 12.5. The Morgan fingerprint density at radius 3 is 2.52 bits per heavy atom. The molecule has 108 valence electrons. The first-order chi connectivity index (χ1) is 9.88. The fraction of sp³-hybridized carbons (Fsp3) is 0.250. The van der Waals surface area contributed by atoms with E-state index < -0.39 is 11.7 Å². The lowest BCUT2D eigenvalue weighted by molar-refractivity contribution is 0.0551. The Bertz CT molecular complexity index is 897. The van der Waals surface area contributed by atoms with E-state index in [1.54, 1.807) is 36.7 Å². The van der Waals surface area contributed by atoms with Crippen molar-refractivity contribution in [3.05, 3.63) is 46.9 Å². The Kier molecular flexibility index (Phi) is 2.86. The van der Waals surface area contributed by atoms with Crippen molar-refractivity contribution in [3.8, 4) is 0 Å². The second kappa shape index (κ2) is 4.48. The third kappa shape index (κ3) is 2.20. The number of aromatic nitrogens is 2. The molecule has 5 nitrogen and oxygen atoms in total. The minimum atomic E-state index is -0.607. The highest BCUT2D eigenvalue weighted by atomic mass is 16.6. The zero-order valence-electron chi connectivity index (χ0n) is 12.1. The molecular formula is C16H16N2O3. The number of aromatic amines is 1. The summed E-state index contributed by atoms with van der Waals surface area (Å²) in [5.41, 5.74) is 0.364. The zero-order valence-corrected chi connectivity index (χ0v) is 12.1. The molecule has 21 heavy (non-hydrogen) atoms. The molecule has 1 N–H and O–H groups in total. The summed E-state index contributed by atoms with van der Waals surface area (Å²) < 4.78 is 6.90. The summed E-state index contributed by atoms with van der Waals surface area (Å²) in [6.45, 7) is 5.43. The number of carbonyl (C=O) groups excluding carboxylic acids is 1. The maximum absolute atomic E-state index is 12.5. The molecule has 0 saturated carbocycles. The molecule has 1 aromatic carbocycles. The number of para-hydroxylation sites is 1. The number of nitrogens with one attached hydrogen (secondary N) is 1. The molecule has 0 fully saturated rings. The van der Waals surface area contributed by atoms with Crippen molar-refractivity contribution in [2.24, 2.45) is 0 Å². The summed E-state index contributed by atoms with van der Waals surface area (Å²) >= 11 is 0. The van der Waals surface area contributed by atoms with Crippen LogP contribution in [0.2, 0.25) is 0 Å². The largest absolute Gasteiger partial charge is 0.443 e. The summed E-state index contributed by atoms with van der Waals surface area (Å²) in [7, 11) is 0. The van der Waals surface area contributed by atoms with Crippen LogP contribution in [0.1, 0.15) is 20.8 Å². The molecule has 0 amide bonds. The number of pyridine rings is 1. The molecule has 0 aliphatic heterocycles. The van der Waals surface area contributed by atoms with Gasteiger partial charge in [0.15, 0.2) is 5.43 Å². The number of fused-ring (bicyclic) bond motifs is 2. The predicted molar refractivity (Wildman–Crippen MR) is 81.7 cm³/mol. The van der Waals surface area contributed by atoms with E-state index in [0.717, 1.165) is 0 Å². The molecule has 0 unspecified atom stereocenters. The fourth-order valence-electron chi connectivity index (χ4n) is 2.36. The first-order valence-electron chi connectivity index (χ1n) is 6.72. The summed E-state index contributed by atoms with van der Waals surface area (Å²) in [5, 5.41) is 0.968. The van der Waals surface area contributed by atoms with Gasteiger partial charge in [-0.15, -0.1) is 0 Å². The van der Waals surface area contributed by atoms with Gasteiger partial charge < -0.3 is 9.72 Å². The van der Waals surface area contributed by atoms with Crippen molar-refractivity contribution in [3.63, 3.8) is 0 Å². The molecule has 0 saturated heterocycles. The normalized spacial score (nSPS) is 12.0. The van der Waals surface area contributed by atoms with E-state index in [0.29, 0.717) is 21.8 Å². The number of rotatable bonds is 0. The number of benzene rings is 1. The molecule has 0 bridgehead atoms. The van der Waals surface area contributed by atoms with Crippen LogP contribution in [0.5, 0.6) is 0 Å². The molecule has 0 spiro atoms. The number of carbonyl (C=O) groups is 1. The molecule has 0 radical (unpaired) electrons. The predicted octanol–water partition coefficient (Wildman–Crippen LogP) is 3.27. The first kappa shape index (κ1) is 13.4. The highest BCUT2D eigenvalue weighted by Gasteiger charge is 2.22. The molecule has 3 aromatic rings. The number of hydrogen-bond donors (Lipinski definition) is 1. The van der Waals surface area contributed by atoms with Crippen LogP contribution in [-0.4, -0.2) is 21.2 Å². The van der Waals surface area contributed by atoms with Crippen LogP contribution in [0.25, 0.3) is 21.8 Å². The van der Waals surface area contributed by atoms with Crippen molar-refractivity contribution in [1.29, 1.82) is 0 Å². The Hall–Kier alpha value is -2.56. The van der Waals surface area contributed by atoms with Crippen LogP contribution in [-0.2, 0) is 4.74 Å². The van der Waals surface area contributed by atoms with Crippen LogP contribution < -0.4 is 5.43 Å². The molecule has 5 heteroatoms. The number of nitrogens with zero attached hydrogens (tertiary/aromatic N) is 1. The van der Waals surface area contributed by atoms with Crippen molar-refractivity contribution in [2.45, 2.75) is 26.4 Å². The number of hydrogen-bond acceptors (Lipinski definition) is 3. The number of H-pyrrole nitrogens is 1. The van der Waals surface area contributed by atoms with Crippen molar-refractivity contribution < 1.29 is 9.53 Å². The second-order valence-electron chi connectivity index (χ2n) is 5.92. The highest BCUT2D eigenvalue weighted by molar-refractivity contribution is 6.00. The topological polar surface area (TPSA) is 64.1 Å². The third-order valence-electron chi connectivity index (χ3n) is 3.17. The summed E-state index contributed by atoms with van der Waals surface area (Å²) in [4.78, 5) is 27.8. The summed E-state index contributed by atoms with van der Waals surface area (Å²) in [5.74, 6) is 0. The highest BCUT2D eigenvalue weighted by Crippen LogP contribution is 2.20. The minimum Gasteiger partial charge on any atom is -0.443 e. The van der Waals surface area contributed by atoms with Gasteiger partial charge in [-0.1, -0.05) is 12.1 Å². The van der Waals surface area contributed by atoms with E-state index in [9.17, 15) is 9.59 Å². The monoisotopic (exact) mass is 284 g/mol. The van der Waals surface area contributed by atoms with Crippen molar-refractivity contribution >= 4 is 27.9 Å². The molecule has 3 rings (SSSR count). The van der Waals surface area contributed by atoms with Crippen LogP contribution in [0.3, 0.4) is 0 Å². The molecule has 2 heterocycles. The zero-order chi connectivity index (χ0) is 15.2. The second-order valence-corrected chi connectivity index (χ2v) is 5.92. The van der Waals surface area contributed by atoms with E-state index in [1.165, 1.54) is 4.57 Å². The fourth-order valence-corrected chi connectivity index (χ4v) is 2.36. The van der Waals surface area contributed by atoms with Gasteiger partial charge in [0.05, 0.1) is 16.4 Å². The van der Waals surface area contributed by atoms with E-state index in [4.69, 9.17) is 4.74 Å². The summed E-state index contributed by atoms with van der Waals surface area (Å²) in [6.07, 6.45) is 2.74. The van der Waals surface area contributed by atoms with E-state index in [-0.39, 0.29) is 5.43 Å². The van der Waals surface area contributed by atoms with Gasteiger partial charge in [-0.05, 0) is 32.9 Å². The molecule has 2 aromatic heterocycles. The van der Waals surface area contributed by atoms with Crippen LogP contribution in [0.15, 0.2) is 41.5 Å². The lowest BCUT2D eigenvalue weighted by atomic mass is 10.1. The lowest BCUT2D eigenvalue weighted by Gasteiger charge is -2.21. The minimum absolute atomic E-state index is 0.0957. The Labute approximate surface area is 121 Å². The Balaban J connectivity index is 2.38. The van der Waals surface area contributed by atoms with Crippen molar-refractivity contribution in [2.75, 3.05) is 0 Å². The Morgan fingerprint density at radius 1 is 1.10 bits per heavy atom.